The Kier molecular flexibility index (Phi) is 1.16. The van der Waals surface area contributed by atoms with Crippen molar-refractivity contribution in [2.45, 2.75) is 19.3 Å². The van der Waals surface area contributed by atoms with Gasteiger partial charge in [-0.15, -0.1) is 0 Å². The Morgan fingerprint density at radius 3 is 3.40 bits per heavy atom. The summed E-state index contributed by atoms with van der Waals surface area (Å²) in [5.41, 5.74) is 1.33. The Morgan fingerprint density at radius 1 is 1.70 bits per heavy atom. The van der Waals surface area contributed by atoms with Gasteiger partial charge in [-0.3, -0.25) is 5.10 Å². The molecule has 1 aliphatic rings. The van der Waals surface area contributed by atoms with Crippen molar-refractivity contribution < 1.29 is 0 Å². The summed E-state index contributed by atoms with van der Waals surface area (Å²) in [6, 6.07) is 0. The van der Waals surface area contributed by atoms with Gasteiger partial charge in [-0.1, -0.05) is 6.92 Å². The molecular formula is C7H11N3. The van der Waals surface area contributed by atoms with E-state index in [1.54, 1.807) is 0 Å². The van der Waals surface area contributed by atoms with Crippen LogP contribution < -0.4 is 5.32 Å². The zero-order valence-electron chi connectivity index (χ0n) is 6.02. The van der Waals surface area contributed by atoms with Gasteiger partial charge >= 0.3 is 0 Å². The van der Waals surface area contributed by atoms with E-state index in [1.807, 2.05) is 6.20 Å². The molecule has 10 heavy (non-hydrogen) atoms. The van der Waals surface area contributed by atoms with Gasteiger partial charge in [0, 0.05) is 12.1 Å². The van der Waals surface area contributed by atoms with Gasteiger partial charge in [-0.25, -0.2) is 0 Å². The second-order valence-electron chi connectivity index (χ2n) is 2.82. The summed E-state index contributed by atoms with van der Waals surface area (Å²) in [5, 5.41) is 10.1. The molecule has 1 aromatic rings. The van der Waals surface area contributed by atoms with Crippen LogP contribution in [-0.2, 0) is 0 Å². The second kappa shape index (κ2) is 2.01. The number of nitrogens with zero attached hydrogens (tertiary/aromatic N) is 1. The average molecular weight is 137 g/mol. The minimum Gasteiger partial charge on any atom is -0.370 e. The minimum atomic E-state index is 0.662. The summed E-state index contributed by atoms with van der Waals surface area (Å²) >= 11 is 0. The van der Waals surface area contributed by atoms with Crippen molar-refractivity contribution in [1.82, 2.24) is 10.2 Å². The molecule has 0 saturated heterocycles. The average Bonchev–Trinajstić information content (AvgIpc) is 2.36. The lowest BCUT2D eigenvalue weighted by atomic mass is 9.97. The van der Waals surface area contributed by atoms with E-state index in [1.165, 1.54) is 12.0 Å². The van der Waals surface area contributed by atoms with Crippen molar-refractivity contribution in [3.05, 3.63) is 11.8 Å². The fourth-order valence-corrected chi connectivity index (χ4v) is 1.38. The molecule has 54 valence electrons. The van der Waals surface area contributed by atoms with Crippen LogP contribution in [0.3, 0.4) is 0 Å². The Labute approximate surface area is 59.8 Å². The van der Waals surface area contributed by atoms with Crippen molar-refractivity contribution in [2.75, 3.05) is 11.9 Å². The van der Waals surface area contributed by atoms with E-state index >= 15 is 0 Å². The molecule has 1 atom stereocenters. The van der Waals surface area contributed by atoms with Crippen molar-refractivity contribution in [2.24, 2.45) is 0 Å². The zero-order chi connectivity index (χ0) is 6.97. The fraction of sp³-hybridized carbons (Fsp3) is 0.571. The van der Waals surface area contributed by atoms with E-state index in [9.17, 15) is 0 Å². The second-order valence-corrected chi connectivity index (χ2v) is 2.82. The molecule has 0 radical (unpaired) electrons. The van der Waals surface area contributed by atoms with E-state index in [2.05, 4.69) is 22.4 Å². The van der Waals surface area contributed by atoms with Gasteiger partial charge in [-0.2, -0.15) is 5.10 Å². The van der Waals surface area contributed by atoms with Crippen molar-refractivity contribution in [3.63, 3.8) is 0 Å². The minimum absolute atomic E-state index is 0.662. The van der Waals surface area contributed by atoms with Gasteiger partial charge in [0.15, 0.2) is 0 Å². The lowest BCUT2D eigenvalue weighted by Gasteiger charge is -2.18. The van der Waals surface area contributed by atoms with Crippen LogP contribution in [0.5, 0.6) is 0 Å². The molecule has 0 aromatic carbocycles. The highest BCUT2D eigenvalue weighted by atomic mass is 15.2. The Morgan fingerprint density at radius 2 is 2.60 bits per heavy atom. The monoisotopic (exact) mass is 137 g/mol. The maximum Gasteiger partial charge on any atom is 0.124 e. The standard InChI is InChI=1S/C7H11N3/c1-5-2-3-8-7-6(5)4-9-10-7/h4-5H,2-3H2,1H3,(H2,8,9,10). The third-order valence-corrected chi connectivity index (χ3v) is 2.08. The van der Waals surface area contributed by atoms with E-state index in [4.69, 9.17) is 0 Å². The molecule has 2 rings (SSSR count). The summed E-state index contributed by atoms with van der Waals surface area (Å²) in [6.45, 7) is 3.30. The normalized spacial score (nSPS) is 23.5. The topological polar surface area (TPSA) is 40.7 Å². The number of H-pyrrole nitrogens is 1. The molecule has 0 saturated carbocycles. The molecule has 0 amide bonds. The SMILES string of the molecule is CC1CCNc2[nH]ncc21. The van der Waals surface area contributed by atoms with Crippen LogP contribution in [0, 0.1) is 0 Å². The largest absolute Gasteiger partial charge is 0.370 e. The first-order valence-electron chi connectivity index (χ1n) is 3.65. The number of anilines is 1. The molecule has 2 heterocycles. The van der Waals surface area contributed by atoms with Gasteiger partial charge < -0.3 is 5.32 Å². The van der Waals surface area contributed by atoms with Crippen LogP contribution in [0.2, 0.25) is 0 Å². The Bertz CT molecular complexity index is 229. The van der Waals surface area contributed by atoms with Gasteiger partial charge in [0.05, 0.1) is 6.20 Å². The lowest BCUT2D eigenvalue weighted by molar-refractivity contribution is 0.683. The molecule has 2 N–H and O–H groups in total. The third-order valence-electron chi connectivity index (χ3n) is 2.08. The number of nitrogens with one attached hydrogen (secondary N) is 2. The van der Waals surface area contributed by atoms with Gasteiger partial charge in [0.1, 0.15) is 5.82 Å². The van der Waals surface area contributed by atoms with Crippen molar-refractivity contribution in [1.29, 1.82) is 0 Å². The zero-order valence-corrected chi connectivity index (χ0v) is 6.02. The molecule has 1 aromatic heterocycles. The molecule has 0 spiro atoms. The highest BCUT2D eigenvalue weighted by molar-refractivity contribution is 5.46. The molecule has 0 bridgehead atoms. The summed E-state index contributed by atoms with van der Waals surface area (Å²) in [7, 11) is 0. The first kappa shape index (κ1) is 5.77. The first-order chi connectivity index (χ1) is 4.88. The van der Waals surface area contributed by atoms with E-state index in [0.717, 1.165) is 12.4 Å². The maximum atomic E-state index is 3.97. The third kappa shape index (κ3) is 0.701. The lowest BCUT2D eigenvalue weighted by Crippen LogP contribution is -2.13. The van der Waals surface area contributed by atoms with E-state index in [-0.39, 0.29) is 0 Å². The summed E-state index contributed by atoms with van der Waals surface area (Å²) in [6.07, 6.45) is 3.12. The van der Waals surface area contributed by atoms with Crippen molar-refractivity contribution in [3.8, 4) is 0 Å². The maximum absolute atomic E-state index is 3.97. The number of hydrogen-bond donors (Lipinski definition) is 2. The summed E-state index contributed by atoms with van der Waals surface area (Å²) < 4.78 is 0. The molecule has 0 aliphatic carbocycles. The van der Waals surface area contributed by atoms with Crippen molar-refractivity contribution >= 4 is 5.82 Å². The molecule has 3 nitrogen and oxygen atoms in total. The number of aromatic nitrogens is 2. The quantitative estimate of drug-likeness (QED) is 0.566. The smallest absolute Gasteiger partial charge is 0.124 e. The molecule has 1 unspecified atom stereocenters. The van der Waals surface area contributed by atoms with Crippen LogP contribution >= 0.6 is 0 Å². The highest BCUT2D eigenvalue weighted by Gasteiger charge is 2.16. The molecule has 0 fully saturated rings. The molecule has 1 aliphatic heterocycles. The van der Waals surface area contributed by atoms with Gasteiger partial charge in [-0.05, 0) is 12.3 Å². The Hall–Kier alpha value is -0.990. The first-order valence-corrected chi connectivity index (χ1v) is 3.65. The summed E-state index contributed by atoms with van der Waals surface area (Å²) in [5.74, 6) is 1.77. The van der Waals surface area contributed by atoms with Crippen LogP contribution in [0.15, 0.2) is 6.20 Å². The van der Waals surface area contributed by atoms with Crippen LogP contribution in [0.25, 0.3) is 0 Å². The number of hydrogen-bond acceptors (Lipinski definition) is 2. The van der Waals surface area contributed by atoms with E-state index in [0.29, 0.717) is 5.92 Å². The number of fused-ring (bicyclic) bond motifs is 1. The van der Waals surface area contributed by atoms with Crippen LogP contribution in [0.4, 0.5) is 5.82 Å². The summed E-state index contributed by atoms with van der Waals surface area (Å²) in [4.78, 5) is 0. The molecule has 3 heteroatoms. The van der Waals surface area contributed by atoms with Gasteiger partial charge in [0.25, 0.3) is 0 Å². The fourth-order valence-electron chi connectivity index (χ4n) is 1.38. The predicted molar refractivity (Wildman–Crippen MR) is 40.1 cm³/mol. The van der Waals surface area contributed by atoms with Crippen LogP contribution in [-0.4, -0.2) is 16.7 Å². The van der Waals surface area contributed by atoms with Gasteiger partial charge in [0.2, 0.25) is 0 Å². The highest BCUT2D eigenvalue weighted by Crippen LogP contribution is 2.28. The molecular weight excluding hydrogens is 126 g/mol. The predicted octanol–water partition coefficient (Wildman–Crippen LogP) is 1.33. The van der Waals surface area contributed by atoms with Crippen LogP contribution in [0.1, 0.15) is 24.8 Å². The number of aromatic amines is 1. The number of rotatable bonds is 0. The Balaban J connectivity index is 2.41. The van der Waals surface area contributed by atoms with E-state index < -0.39 is 0 Å².